The number of unbranched alkanes of at least 4 members (excludes halogenated alkanes) is 1. The second kappa shape index (κ2) is 9.57. The summed E-state index contributed by atoms with van der Waals surface area (Å²) in [6, 6.07) is 0. The number of rotatable bonds is 12. The smallest absolute Gasteiger partial charge is 0.414 e. The summed E-state index contributed by atoms with van der Waals surface area (Å²) in [4.78, 5) is 10.6. The third-order valence-corrected chi connectivity index (χ3v) is 5.28. The zero-order valence-corrected chi connectivity index (χ0v) is 15.1. The van der Waals surface area contributed by atoms with Crippen LogP contribution in [0.15, 0.2) is 0 Å². The lowest BCUT2D eigenvalue weighted by Crippen LogP contribution is -2.48. The van der Waals surface area contributed by atoms with Gasteiger partial charge in [-0.15, -0.1) is 0 Å². The van der Waals surface area contributed by atoms with Crippen LogP contribution in [0.3, 0.4) is 0 Å². The molecule has 0 aliphatic heterocycles. The van der Waals surface area contributed by atoms with Crippen LogP contribution >= 0.6 is 0 Å². The number of quaternary nitrogens is 1. The number of sulfone groups is 1. The van der Waals surface area contributed by atoms with Crippen LogP contribution in [0.5, 0.6) is 0 Å². The summed E-state index contributed by atoms with van der Waals surface area (Å²) in [6.45, 7) is 0.952. The van der Waals surface area contributed by atoms with Crippen LogP contribution < -0.4 is 5.11 Å². The number of hydrogen-bond acceptors (Lipinski definition) is 5. The number of aliphatic carboxylic acids is 1. The molecule has 0 N–H and O–H groups in total. The van der Waals surface area contributed by atoms with E-state index in [0.717, 1.165) is 6.92 Å². The molecule has 0 bridgehead atoms. The van der Waals surface area contributed by atoms with E-state index >= 15 is 0 Å². The number of carboxylic acids is 1. The summed E-state index contributed by atoms with van der Waals surface area (Å²) in [6.07, 6.45) is -5.45. The van der Waals surface area contributed by atoms with Gasteiger partial charge in [-0.2, -0.15) is 13.2 Å². The van der Waals surface area contributed by atoms with E-state index in [-0.39, 0.29) is 35.6 Å². The number of carbonyl (C=O) groups excluding carboxylic acids is 1. The molecule has 0 saturated carbocycles. The Kier molecular flexibility index (Phi) is 9.22. The van der Waals surface area contributed by atoms with Crippen LogP contribution in [0.4, 0.5) is 13.2 Å². The molecular formula is C14H26F3NO5S. The van der Waals surface area contributed by atoms with Gasteiger partial charge >= 0.3 is 6.18 Å². The molecular weight excluding hydrogens is 351 g/mol. The van der Waals surface area contributed by atoms with E-state index in [1.54, 1.807) is 14.1 Å². The molecule has 0 saturated heterocycles. The van der Waals surface area contributed by atoms with E-state index in [1.807, 2.05) is 0 Å². The maximum absolute atomic E-state index is 12.2. The van der Waals surface area contributed by atoms with E-state index in [4.69, 9.17) is 0 Å². The monoisotopic (exact) mass is 377 g/mol. The van der Waals surface area contributed by atoms with Gasteiger partial charge in [-0.1, -0.05) is 0 Å². The minimum Gasteiger partial charge on any atom is -0.544 e. The largest absolute Gasteiger partial charge is 0.544 e. The summed E-state index contributed by atoms with van der Waals surface area (Å²) in [5, 5.41) is 10.6. The van der Waals surface area contributed by atoms with Crippen molar-refractivity contribution in [3.05, 3.63) is 0 Å². The van der Waals surface area contributed by atoms with Gasteiger partial charge in [-0.05, 0) is 26.2 Å². The molecule has 6 nitrogen and oxygen atoms in total. The molecule has 10 heteroatoms. The van der Waals surface area contributed by atoms with Crippen molar-refractivity contribution in [1.29, 1.82) is 0 Å². The number of nitrogens with zero attached hydrogens (tertiary/aromatic N) is 1. The van der Waals surface area contributed by atoms with Crippen LogP contribution in [0.25, 0.3) is 0 Å². The molecule has 1 unspecified atom stereocenters. The average Bonchev–Trinajstić information content (AvgIpc) is 2.37. The van der Waals surface area contributed by atoms with Crippen molar-refractivity contribution >= 4 is 15.8 Å². The normalized spacial score (nSPS) is 14.6. The van der Waals surface area contributed by atoms with E-state index in [2.05, 4.69) is 4.74 Å². The second-order valence-corrected chi connectivity index (χ2v) is 8.76. The summed E-state index contributed by atoms with van der Waals surface area (Å²) < 4.78 is 64.9. The van der Waals surface area contributed by atoms with Gasteiger partial charge in [0, 0.05) is 6.61 Å². The molecule has 0 heterocycles. The van der Waals surface area contributed by atoms with Gasteiger partial charge in [0.25, 0.3) is 0 Å². The molecule has 0 amide bonds. The van der Waals surface area contributed by atoms with Gasteiger partial charge in [0.05, 0.1) is 38.1 Å². The Balaban J connectivity index is 3.97. The van der Waals surface area contributed by atoms with Crippen LogP contribution in [0.1, 0.15) is 26.2 Å². The fourth-order valence-corrected chi connectivity index (χ4v) is 3.43. The Labute approximate surface area is 141 Å². The third kappa shape index (κ3) is 11.6. The van der Waals surface area contributed by atoms with Crippen LogP contribution in [0.2, 0.25) is 0 Å². The quantitative estimate of drug-likeness (QED) is 0.362. The predicted molar refractivity (Wildman–Crippen MR) is 80.8 cm³/mol. The molecule has 24 heavy (non-hydrogen) atoms. The Morgan fingerprint density at radius 2 is 1.71 bits per heavy atom. The standard InChI is InChI=1S/C14H26F3NO5S/c1-12(14(15,16)17)23-8-6-10-24(21,22)9-5-4-7-18(2,3)11-13(19)20/h12H,4-11H2,1-3H3. The third-order valence-electron chi connectivity index (χ3n) is 3.45. The SMILES string of the molecule is CC(OCCCS(=O)(=O)CCCC[N+](C)(C)CC(=O)[O-])C(F)(F)F. The highest BCUT2D eigenvalue weighted by Crippen LogP contribution is 2.22. The van der Waals surface area contributed by atoms with Crippen molar-refractivity contribution in [3.63, 3.8) is 0 Å². The number of alkyl halides is 3. The second-order valence-electron chi connectivity index (χ2n) is 6.46. The molecule has 0 spiro atoms. The lowest BCUT2D eigenvalue weighted by Gasteiger charge is -2.30. The molecule has 0 fully saturated rings. The van der Waals surface area contributed by atoms with E-state index in [0.29, 0.717) is 19.4 Å². The average molecular weight is 377 g/mol. The van der Waals surface area contributed by atoms with Gasteiger partial charge in [0.2, 0.25) is 0 Å². The number of halogens is 3. The van der Waals surface area contributed by atoms with Crippen LogP contribution in [-0.2, 0) is 19.4 Å². The molecule has 0 aromatic rings. The van der Waals surface area contributed by atoms with Crippen molar-refractivity contribution in [2.45, 2.75) is 38.5 Å². The van der Waals surface area contributed by atoms with Crippen LogP contribution in [-0.4, -0.2) is 76.4 Å². The summed E-state index contributed by atoms with van der Waals surface area (Å²) >= 11 is 0. The van der Waals surface area contributed by atoms with Crippen molar-refractivity contribution in [3.8, 4) is 0 Å². The molecule has 144 valence electrons. The topological polar surface area (TPSA) is 83.5 Å². The van der Waals surface area contributed by atoms with Gasteiger partial charge in [-0.25, -0.2) is 8.42 Å². The first-order valence-corrected chi connectivity index (χ1v) is 9.48. The molecule has 1 atom stereocenters. The highest BCUT2D eigenvalue weighted by atomic mass is 32.2. The first-order valence-electron chi connectivity index (χ1n) is 7.66. The van der Waals surface area contributed by atoms with Gasteiger partial charge in [0.15, 0.2) is 6.10 Å². The minimum absolute atomic E-state index is 0.00892. The fraction of sp³-hybridized carbons (Fsp3) is 0.929. The Morgan fingerprint density at radius 1 is 1.17 bits per heavy atom. The zero-order valence-electron chi connectivity index (χ0n) is 14.3. The summed E-state index contributed by atoms with van der Waals surface area (Å²) in [5.41, 5.74) is 0. The van der Waals surface area contributed by atoms with Crippen molar-refractivity contribution in [1.82, 2.24) is 0 Å². The maximum Gasteiger partial charge on any atom is 0.414 e. The van der Waals surface area contributed by atoms with E-state index in [1.165, 1.54) is 0 Å². The number of hydrogen-bond donors (Lipinski definition) is 0. The lowest BCUT2D eigenvalue weighted by molar-refractivity contribution is -0.885. The van der Waals surface area contributed by atoms with Crippen LogP contribution in [0, 0.1) is 0 Å². The van der Waals surface area contributed by atoms with Crippen molar-refractivity contribution < 1.29 is 40.7 Å². The fourth-order valence-electron chi connectivity index (χ4n) is 2.03. The summed E-state index contributed by atoms with van der Waals surface area (Å²) in [7, 11) is 0.0709. The molecule has 0 aromatic carbocycles. The number of carbonyl (C=O) groups is 1. The first kappa shape index (κ1) is 23.1. The molecule has 0 rings (SSSR count). The predicted octanol–water partition coefficient (Wildman–Crippen LogP) is 0.365. The number of carboxylic acid groups (broad SMARTS) is 1. The van der Waals surface area contributed by atoms with Gasteiger partial charge in [-0.3, -0.25) is 0 Å². The molecule has 0 aliphatic rings. The first-order chi connectivity index (χ1) is 10.8. The van der Waals surface area contributed by atoms with E-state index < -0.39 is 28.1 Å². The Bertz CT molecular complexity index is 491. The highest BCUT2D eigenvalue weighted by molar-refractivity contribution is 7.91. The Morgan fingerprint density at radius 3 is 2.21 bits per heavy atom. The maximum atomic E-state index is 12.2. The lowest BCUT2D eigenvalue weighted by atomic mass is 10.3. The van der Waals surface area contributed by atoms with Gasteiger partial charge < -0.3 is 19.1 Å². The minimum atomic E-state index is -4.45. The number of likely N-dealkylation sites (N-methyl/N-ethyl adjacent to an activating group) is 1. The zero-order chi connectivity index (χ0) is 19.0. The van der Waals surface area contributed by atoms with Crippen molar-refractivity contribution in [2.75, 3.05) is 45.3 Å². The van der Waals surface area contributed by atoms with Gasteiger partial charge in [0.1, 0.15) is 16.4 Å². The summed E-state index contributed by atoms with van der Waals surface area (Å²) in [5.74, 6) is -1.47. The Hall–Kier alpha value is -0.870. The highest BCUT2D eigenvalue weighted by Gasteiger charge is 2.36. The molecule has 0 aliphatic carbocycles. The van der Waals surface area contributed by atoms with Crippen molar-refractivity contribution in [2.24, 2.45) is 0 Å². The van der Waals surface area contributed by atoms with E-state index in [9.17, 15) is 31.5 Å². The molecule has 0 aromatic heterocycles. The molecule has 0 radical (unpaired) electrons. The number of ether oxygens (including phenoxy) is 1.